The van der Waals surface area contributed by atoms with E-state index in [1.54, 1.807) is 28.4 Å². The van der Waals surface area contributed by atoms with Gasteiger partial charge < -0.3 is 15.0 Å². The zero-order chi connectivity index (χ0) is 19.3. The number of anilines is 1. The molecule has 0 radical (unpaired) electrons. The third kappa shape index (κ3) is 4.52. The summed E-state index contributed by atoms with van der Waals surface area (Å²) < 4.78 is 5.55. The first-order valence-electron chi connectivity index (χ1n) is 9.96. The van der Waals surface area contributed by atoms with E-state index in [1.807, 2.05) is 12.1 Å². The van der Waals surface area contributed by atoms with E-state index in [9.17, 15) is 9.59 Å². The van der Waals surface area contributed by atoms with Crippen molar-refractivity contribution in [3.8, 4) is 5.75 Å². The zero-order valence-electron chi connectivity index (χ0n) is 15.9. The Kier molecular flexibility index (Phi) is 5.90. The molecular formula is C21H25N3O3S. The SMILES string of the molecule is O=C(COc1ccc(N2CCCC2=O)cc1)NCCc1nc2c(s1)CCCC2. The van der Waals surface area contributed by atoms with E-state index >= 15 is 0 Å². The van der Waals surface area contributed by atoms with Gasteiger partial charge in [0, 0.05) is 36.5 Å². The zero-order valence-corrected chi connectivity index (χ0v) is 16.7. The monoisotopic (exact) mass is 399 g/mol. The van der Waals surface area contributed by atoms with Crippen molar-refractivity contribution in [3.63, 3.8) is 0 Å². The summed E-state index contributed by atoms with van der Waals surface area (Å²) in [6.07, 6.45) is 7.02. The highest BCUT2D eigenvalue weighted by Crippen LogP contribution is 2.27. The van der Waals surface area contributed by atoms with Crippen LogP contribution in [0.3, 0.4) is 0 Å². The molecule has 28 heavy (non-hydrogen) atoms. The van der Waals surface area contributed by atoms with Gasteiger partial charge in [0.15, 0.2) is 6.61 Å². The number of hydrogen-bond acceptors (Lipinski definition) is 5. The summed E-state index contributed by atoms with van der Waals surface area (Å²) in [7, 11) is 0. The van der Waals surface area contributed by atoms with Crippen LogP contribution >= 0.6 is 11.3 Å². The lowest BCUT2D eigenvalue weighted by Crippen LogP contribution is -2.30. The van der Waals surface area contributed by atoms with Gasteiger partial charge in [-0.2, -0.15) is 0 Å². The van der Waals surface area contributed by atoms with Crippen molar-refractivity contribution in [2.75, 3.05) is 24.6 Å². The minimum Gasteiger partial charge on any atom is -0.484 e. The molecule has 2 aliphatic rings. The van der Waals surface area contributed by atoms with Crippen molar-refractivity contribution < 1.29 is 14.3 Å². The van der Waals surface area contributed by atoms with Crippen LogP contribution in [0.15, 0.2) is 24.3 Å². The number of aromatic nitrogens is 1. The van der Waals surface area contributed by atoms with E-state index in [2.05, 4.69) is 5.32 Å². The van der Waals surface area contributed by atoms with E-state index < -0.39 is 0 Å². The average molecular weight is 400 g/mol. The molecular weight excluding hydrogens is 374 g/mol. The molecule has 1 fully saturated rings. The van der Waals surface area contributed by atoms with E-state index in [-0.39, 0.29) is 18.4 Å². The number of nitrogens with one attached hydrogen (secondary N) is 1. The smallest absolute Gasteiger partial charge is 0.257 e. The highest BCUT2D eigenvalue weighted by atomic mass is 32.1. The van der Waals surface area contributed by atoms with Crippen LogP contribution in [0.1, 0.15) is 41.3 Å². The second-order valence-electron chi connectivity index (χ2n) is 7.22. The number of nitrogens with zero attached hydrogens (tertiary/aromatic N) is 2. The summed E-state index contributed by atoms with van der Waals surface area (Å²) >= 11 is 1.79. The van der Waals surface area contributed by atoms with Gasteiger partial charge in [-0.1, -0.05) is 0 Å². The number of ether oxygens (including phenoxy) is 1. The predicted octanol–water partition coefficient (Wildman–Crippen LogP) is 2.89. The fourth-order valence-corrected chi connectivity index (χ4v) is 4.82. The first-order valence-corrected chi connectivity index (χ1v) is 10.8. The quantitative estimate of drug-likeness (QED) is 0.777. The average Bonchev–Trinajstić information content (AvgIpc) is 3.32. The summed E-state index contributed by atoms with van der Waals surface area (Å²) in [5.74, 6) is 0.646. The maximum atomic E-state index is 12.0. The number of carbonyl (C=O) groups is 2. The number of aryl methyl sites for hydroxylation is 2. The van der Waals surface area contributed by atoms with Crippen molar-refractivity contribution >= 4 is 28.8 Å². The number of amides is 2. The molecule has 1 aromatic heterocycles. The lowest BCUT2D eigenvalue weighted by molar-refractivity contribution is -0.123. The summed E-state index contributed by atoms with van der Waals surface area (Å²) in [4.78, 5) is 31.7. The van der Waals surface area contributed by atoms with Crippen LogP contribution in [0, 0.1) is 0 Å². The van der Waals surface area contributed by atoms with Crippen molar-refractivity contribution in [1.82, 2.24) is 10.3 Å². The molecule has 7 heteroatoms. The number of carbonyl (C=O) groups excluding carboxylic acids is 2. The van der Waals surface area contributed by atoms with Crippen LogP contribution in [0.25, 0.3) is 0 Å². The van der Waals surface area contributed by atoms with E-state index in [1.165, 1.54) is 23.4 Å². The van der Waals surface area contributed by atoms with Gasteiger partial charge in [-0.3, -0.25) is 9.59 Å². The predicted molar refractivity (Wildman–Crippen MR) is 109 cm³/mol. The van der Waals surface area contributed by atoms with Crippen LogP contribution in [-0.2, 0) is 28.9 Å². The van der Waals surface area contributed by atoms with Gasteiger partial charge in [-0.05, 0) is 56.4 Å². The van der Waals surface area contributed by atoms with E-state index in [4.69, 9.17) is 9.72 Å². The molecule has 1 aliphatic heterocycles. The second-order valence-corrected chi connectivity index (χ2v) is 8.38. The maximum Gasteiger partial charge on any atom is 0.257 e. The molecule has 1 saturated heterocycles. The molecule has 0 saturated carbocycles. The molecule has 0 bridgehead atoms. The molecule has 6 nitrogen and oxygen atoms in total. The molecule has 0 unspecified atom stereocenters. The van der Waals surface area contributed by atoms with Crippen molar-refractivity contribution in [2.45, 2.75) is 44.9 Å². The van der Waals surface area contributed by atoms with Crippen molar-refractivity contribution in [2.24, 2.45) is 0 Å². The molecule has 2 heterocycles. The van der Waals surface area contributed by atoms with Gasteiger partial charge in [0.25, 0.3) is 5.91 Å². The minimum absolute atomic E-state index is 0.0175. The first-order chi connectivity index (χ1) is 13.7. The molecule has 0 spiro atoms. The lowest BCUT2D eigenvalue weighted by Gasteiger charge is -2.16. The highest BCUT2D eigenvalue weighted by Gasteiger charge is 2.21. The van der Waals surface area contributed by atoms with Crippen LogP contribution in [0.2, 0.25) is 0 Å². The second kappa shape index (κ2) is 8.73. The summed E-state index contributed by atoms with van der Waals surface area (Å²) in [5.41, 5.74) is 2.14. The van der Waals surface area contributed by atoms with E-state index in [0.717, 1.165) is 42.9 Å². The molecule has 2 amide bonds. The van der Waals surface area contributed by atoms with Crippen LogP contribution in [0.4, 0.5) is 5.69 Å². The highest BCUT2D eigenvalue weighted by molar-refractivity contribution is 7.11. The van der Waals surface area contributed by atoms with Crippen molar-refractivity contribution in [1.29, 1.82) is 0 Å². The summed E-state index contributed by atoms with van der Waals surface area (Å²) in [6, 6.07) is 7.32. The Hall–Kier alpha value is -2.41. The standard InChI is InChI=1S/C21H25N3O3S/c25-19(22-12-11-20-23-17-4-1-2-5-18(17)28-20)14-27-16-9-7-15(8-10-16)24-13-3-6-21(24)26/h7-10H,1-6,11-14H2,(H,22,25). The molecule has 1 aliphatic carbocycles. The van der Waals surface area contributed by atoms with Gasteiger partial charge in [0.05, 0.1) is 10.7 Å². The van der Waals surface area contributed by atoms with Crippen LogP contribution in [-0.4, -0.2) is 36.5 Å². The fourth-order valence-electron chi connectivity index (χ4n) is 3.66. The van der Waals surface area contributed by atoms with Gasteiger partial charge >= 0.3 is 0 Å². The first kappa shape index (κ1) is 18.9. The molecule has 2 aromatic rings. The summed E-state index contributed by atoms with van der Waals surface area (Å²) in [6.45, 7) is 1.32. The number of benzene rings is 1. The Morgan fingerprint density at radius 3 is 2.71 bits per heavy atom. The van der Waals surface area contributed by atoms with Gasteiger partial charge in [0.1, 0.15) is 5.75 Å². The lowest BCUT2D eigenvalue weighted by atomic mass is 10.0. The fraction of sp³-hybridized carbons (Fsp3) is 0.476. The number of fused-ring (bicyclic) bond motifs is 1. The van der Waals surface area contributed by atoms with E-state index in [0.29, 0.717) is 18.7 Å². The number of hydrogen-bond donors (Lipinski definition) is 1. The third-order valence-corrected chi connectivity index (χ3v) is 6.36. The molecule has 0 atom stereocenters. The molecule has 148 valence electrons. The Morgan fingerprint density at radius 1 is 1.14 bits per heavy atom. The maximum absolute atomic E-state index is 12.0. The van der Waals surface area contributed by atoms with Crippen LogP contribution < -0.4 is 15.0 Å². The summed E-state index contributed by atoms with van der Waals surface area (Å²) in [5, 5.41) is 4.00. The molecule has 1 N–H and O–H groups in total. The topological polar surface area (TPSA) is 71.5 Å². The Labute approximate surface area is 168 Å². The third-order valence-electron chi connectivity index (χ3n) is 5.14. The largest absolute Gasteiger partial charge is 0.484 e. The van der Waals surface area contributed by atoms with Gasteiger partial charge in [-0.25, -0.2) is 4.98 Å². The Balaban J connectivity index is 1.19. The minimum atomic E-state index is -0.139. The molecule has 1 aromatic carbocycles. The number of rotatable bonds is 7. The van der Waals surface area contributed by atoms with Gasteiger partial charge in [0.2, 0.25) is 5.91 Å². The van der Waals surface area contributed by atoms with Gasteiger partial charge in [-0.15, -0.1) is 11.3 Å². The van der Waals surface area contributed by atoms with Crippen LogP contribution in [0.5, 0.6) is 5.75 Å². The normalized spacial score (nSPS) is 16.1. The number of thiazole rings is 1. The van der Waals surface area contributed by atoms with Crippen molar-refractivity contribution in [3.05, 3.63) is 39.8 Å². The Morgan fingerprint density at radius 2 is 1.96 bits per heavy atom. The Bertz CT molecular complexity index is 824. The molecule has 4 rings (SSSR count).